The average molecular weight is 292 g/mol. The van der Waals surface area contributed by atoms with Crippen molar-refractivity contribution in [3.8, 4) is 0 Å². The Morgan fingerprint density at radius 2 is 1.90 bits per heavy atom. The van der Waals surface area contributed by atoms with Crippen LogP contribution in [0, 0.1) is 0 Å². The van der Waals surface area contributed by atoms with Crippen molar-refractivity contribution in [1.29, 1.82) is 0 Å². The second-order valence-electron chi connectivity index (χ2n) is 4.67. The normalized spacial score (nSPS) is 19.3. The number of hydrogen-bond acceptors (Lipinski definition) is 6. The Bertz CT molecular complexity index is 649. The van der Waals surface area contributed by atoms with Gasteiger partial charge in [0.25, 0.3) is 0 Å². The number of carboxylic acid groups (broad SMARTS) is 1. The van der Waals surface area contributed by atoms with Crippen LogP contribution in [0.5, 0.6) is 0 Å². The molecule has 0 spiro atoms. The summed E-state index contributed by atoms with van der Waals surface area (Å²) in [7, 11) is 0. The van der Waals surface area contributed by atoms with E-state index in [9.17, 15) is 24.3 Å². The summed E-state index contributed by atoms with van der Waals surface area (Å²) in [5.41, 5.74) is -2.25. The van der Waals surface area contributed by atoms with E-state index in [0.29, 0.717) is 12.6 Å². The minimum atomic E-state index is -2.30. The van der Waals surface area contributed by atoms with Crippen molar-refractivity contribution < 1.29 is 34.1 Å². The van der Waals surface area contributed by atoms with Crippen molar-refractivity contribution >= 4 is 24.5 Å². The lowest BCUT2D eigenvalue weighted by Crippen LogP contribution is -2.44. The third kappa shape index (κ3) is 2.11. The standard InChI is InChI=1S/C14H12O7/c1-2-14(20,13(18)19)11-9-3-7(5-15)8(6-16)4-10(9)12(17)21-11/h3-6,11,20H,2H2,1H3,(H,18,19)/t11-,14?/m1/s1. The maximum atomic E-state index is 11.8. The lowest BCUT2D eigenvalue weighted by molar-refractivity contribution is -0.172. The quantitative estimate of drug-likeness (QED) is 0.607. The summed E-state index contributed by atoms with van der Waals surface area (Å²) in [5.74, 6) is -2.38. The fourth-order valence-electron chi connectivity index (χ4n) is 2.29. The number of hydrogen-bond donors (Lipinski definition) is 2. The van der Waals surface area contributed by atoms with Gasteiger partial charge < -0.3 is 14.9 Å². The molecule has 0 saturated carbocycles. The van der Waals surface area contributed by atoms with Gasteiger partial charge in [0.1, 0.15) is 0 Å². The van der Waals surface area contributed by atoms with E-state index in [-0.39, 0.29) is 28.7 Å². The predicted molar refractivity (Wildman–Crippen MR) is 68.3 cm³/mol. The number of cyclic esters (lactones) is 1. The van der Waals surface area contributed by atoms with Gasteiger partial charge in [0.2, 0.25) is 5.60 Å². The van der Waals surface area contributed by atoms with E-state index in [1.165, 1.54) is 13.0 Å². The Labute approximate surface area is 119 Å². The molecule has 7 nitrogen and oxygen atoms in total. The molecular formula is C14H12O7. The molecule has 1 aromatic rings. The second-order valence-corrected chi connectivity index (χ2v) is 4.67. The fraction of sp³-hybridized carbons (Fsp3) is 0.286. The largest absolute Gasteiger partial charge is 0.479 e. The molecule has 0 aliphatic carbocycles. The van der Waals surface area contributed by atoms with E-state index < -0.39 is 23.6 Å². The number of esters is 1. The number of benzene rings is 1. The maximum Gasteiger partial charge on any atom is 0.340 e. The molecule has 2 rings (SSSR count). The zero-order chi connectivity index (χ0) is 15.8. The highest BCUT2D eigenvalue weighted by atomic mass is 16.6. The topological polar surface area (TPSA) is 118 Å². The Morgan fingerprint density at radius 1 is 1.33 bits per heavy atom. The van der Waals surface area contributed by atoms with Gasteiger partial charge in [0.05, 0.1) is 5.56 Å². The first-order valence-electron chi connectivity index (χ1n) is 6.14. The number of ether oxygens (including phenoxy) is 1. The third-order valence-corrected chi connectivity index (χ3v) is 3.58. The van der Waals surface area contributed by atoms with Crippen molar-refractivity contribution in [3.63, 3.8) is 0 Å². The molecule has 0 fully saturated rings. The molecule has 1 aromatic carbocycles. The number of aliphatic hydroxyl groups is 1. The van der Waals surface area contributed by atoms with Crippen molar-refractivity contribution in [2.24, 2.45) is 0 Å². The minimum absolute atomic E-state index is 0.00304. The number of aldehydes is 2. The summed E-state index contributed by atoms with van der Waals surface area (Å²) in [5, 5.41) is 19.4. The number of carboxylic acids is 1. The van der Waals surface area contributed by atoms with Crippen LogP contribution >= 0.6 is 0 Å². The van der Waals surface area contributed by atoms with E-state index >= 15 is 0 Å². The fourth-order valence-corrected chi connectivity index (χ4v) is 2.29. The van der Waals surface area contributed by atoms with Gasteiger partial charge >= 0.3 is 11.9 Å². The van der Waals surface area contributed by atoms with E-state index in [1.807, 2.05) is 0 Å². The summed E-state index contributed by atoms with van der Waals surface area (Å²) in [4.78, 5) is 44.9. The first-order chi connectivity index (χ1) is 9.88. The molecule has 2 N–H and O–H groups in total. The first-order valence-corrected chi connectivity index (χ1v) is 6.14. The van der Waals surface area contributed by atoms with Crippen molar-refractivity contribution in [2.45, 2.75) is 25.0 Å². The molecule has 21 heavy (non-hydrogen) atoms. The number of aliphatic carboxylic acids is 1. The Morgan fingerprint density at radius 3 is 2.38 bits per heavy atom. The monoisotopic (exact) mass is 292 g/mol. The van der Waals surface area contributed by atoms with Crippen LogP contribution in [-0.2, 0) is 9.53 Å². The highest BCUT2D eigenvalue weighted by molar-refractivity contribution is 6.00. The molecule has 7 heteroatoms. The Hall–Kier alpha value is -2.54. The van der Waals surface area contributed by atoms with Gasteiger partial charge in [0, 0.05) is 16.7 Å². The average Bonchev–Trinajstić information content (AvgIpc) is 2.81. The highest BCUT2D eigenvalue weighted by Crippen LogP contribution is 2.41. The molecule has 1 heterocycles. The Balaban J connectivity index is 2.65. The molecular weight excluding hydrogens is 280 g/mol. The molecule has 2 atom stereocenters. The van der Waals surface area contributed by atoms with E-state index in [4.69, 9.17) is 9.84 Å². The van der Waals surface area contributed by atoms with Gasteiger partial charge in [0.15, 0.2) is 18.7 Å². The summed E-state index contributed by atoms with van der Waals surface area (Å²) < 4.78 is 4.95. The second kappa shape index (κ2) is 5.10. The van der Waals surface area contributed by atoms with Crippen LogP contribution in [0.3, 0.4) is 0 Å². The van der Waals surface area contributed by atoms with E-state index in [1.54, 1.807) is 0 Å². The van der Waals surface area contributed by atoms with Gasteiger partial charge in [-0.2, -0.15) is 0 Å². The maximum absolute atomic E-state index is 11.8. The smallest absolute Gasteiger partial charge is 0.340 e. The molecule has 0 amide bonds. The number of rotatable bonds is 5. The van der Waals surface area contributed by atoms with Crippen LogP contribution in [0.2, 0.25) is 0 Å². The molecule has 0 saturated heterocycles. The first kappa shape index (κ1) is 14.9. The summed E-state index contributed by atoms with van der Waals surface area (Å²) >= 11 is 0. The van der Waals surface area contributed by atoms with Crippen LogP contribution < -0.4 is 0 Å². The summed E-state index contributed by atoms with van der Waals surface area (Å²) in [6.07, 6.45) is -0.809. The lowest BCUT2D eigenvalue weighted by atomic mass is 9.86. The van der Waals surface area contributed by atoms with Crippen LogP contribution in [-0.4, -0.2) is 40.3 Å². The van der Waals surface area contributed by atoms with Crippen LogP contribution in [0.25, 0.3) is 0 Å². The SMILES string of the molecule is CCC(O)(C(=O)O)[C@@H]1OC(=O)c2cc(C=O)c(C=O)cc21. The minimum Gasteiger partial charge on any atom is -0.479 e. The number of fused-ring (bicyclic) bond motifs is 1. The third-order valence-electron chi connectivity index (χ3n) is 3.58. The molecule has 110 valence electrons. The predicted octanol–water partition coefficient (Wildman–Crippen LogP) is 0.749. The van der Waals surface area contributed by atoms with Crippen molar-refractivity contribution in [2.75, 3.05) is 0 Å². The van der Waals surface area contributed by atoms with Gasteiger partial charge in [-0.15, -0.1) is 0 Å². The number of carbonyl (C=O) groups is 4. The van der Waals surface area contributed by atoms with Gasteiger partial charge in [-0.3, -0.25) is 9.59 Å². The zero-order valence-corrected chi connectivity index (χ0v) is 11.0. The molecule has 0 bridgehead atoms. The van der Waals surface area contributed by atoms with Gasteiger partial charge in [-0.05, 0) is 18.6 Å². The van der Waals surface area contributed by atoms with Crippen molar-refractivity contribution in [1.82, 2.24) is 0 Å². The Kier molecular flexibility index (Phi) is 3.61. The van der Waals surface area contributed by atoms with Crippen molar-refractivity contribution in [3.05, 3.63) is 34.4 Å². The molecule has 0 radical (unpaired) electrons. The van der Waals surface area contributed by atoms with E-state index in [2.05, 4.69) is 0 Å². The number of carbonyl (C=O) groups excluding carboxylic acids is 3. The van der Waals surface area contributed by atoms with Gasteiger partial charge in [-0.25, -0.2) is 9.59 Å². The van der Waals surface area contributed by atoms with Crippen LogP contribution in [0.15, 0.2) is 12.1 Å². The summed E-state index contributed by atoms with van der Waals surface area (Å²) in [6, 6.07) is 2.36. The zero-order valence-electron chi connectivity index (χ0n) is 11.0. The lowest BCUT2D eigenvalue weighted by Gasteiger charge is -2.27. The van der Waals surface area contributed by atoms with Crippen LogP contribution in [0.1, 0.15) is 56.1 Å². The summed E-state index contributed by atoms with van der Waals surface area (Å²) in [6.45, 7) is 1.43. The molecule has 1 unspecified atom stereocenters. The molecule has 1 aliphatic rings. The highest BCUT2D eigenvalue weighted by Gasteiger charge is 2.51. The van der Waals surface area contributed by atoms with Crippen LogP contribution in [0.4, 0.5) is 0 Å². The van der Waals surface area contributed by atoms with Gasteiger partial charge in [-0.1, -0.05) is 6.92 Å². The molecule has 0 aromatic heterocycles. The molecule has 1 aliphatic heterocycles. The van der Waals surface area contributed by atoms with E-state index in [0.717, 1.165) is 6.07 Å².